The van der Waals surface area contributed by atoms with Crippen LogP contribution in [0, 0.1) is 6.92 Å². The summed E-state index contributed by atoms with van der Waals surface area (Å²) in [6, 6.07) is 5.44. The van der Waals surface area contributed by atoms with Crippen molar-refractivity contribution in [3.8, 4) is 0 Å². The standard InChI is InChI=1S/C13H21N3/c1-10(8-16-13-5-6-13)15-9-12-4-3-7-14-11(12)2/h3-4,7,10,13,15-16H,5-6,8-9H2,1-2H3. The number of aromatic nitrogens is 1. The molecule has 3 heteroatoms. The summed E-state index contributed by atoms with van der Waals surface area (Å²) in [7, 11) is 0. The predicted octanol–water partition coefficient (Wildman–Crippen LogP) is 1.62. The molecule has 16 heavy (non-hydrogen) atoms. The molecule has 0 aliphatic heterocycles. The smallest absolute Gasteiger partial charge is 0.0417 e. The molecule has 2 rings (SSSR count). The van der Waals surface area contributed by atoms with E-state index >= 15 is 0 Å². The van der Waals surface area contributed by atoms with Gasteiger partial charge in [0.15, 0.2) is 0 Å². The molecule has 1 unspecified atom stereocenters. The average Bonchev–Trinajstić information content (AvgIpc) is 3.09. The van der Waals surface area contributed by atoms with Crippen LogP contribution in [0.2, 0.25) is 0 Å². The highest BCUT2D eigenvalue weighted by molar-refractivity contribution is 5.17. The number of rotatable bonds is 6. The van der Waals surface area contributed by atoms with Crippen molar-refractivity contribution in [2.45, 2.75) is 45.3 Å². The van der Waals surface area contributed by atoms with E-state index in [0.717, 1.165) is 24.8 Å². The van der Waals surface area contributed by atoms with Gasteiger partial charge in [0.25, 0.3) is 0 Å². The Kier molecular flexibility index (Phi) is 3.91. The Bertz CT molecular complexity index is 334. The molecular formula is C13H21N3. The third-order valence-electron chi connectivity index (χ3n) is 3.05. The maximum Gasteiger partial charge on any atom is 0.0417 e. The first-order valence-electron chi connectivity index (χ1n) is 6.13. The molecule has 2 N–H and O–H groups in total. The van der Waals surface area contributed by atoms with Crippen LogP contribution < -0.4 is 10.6 Å². The molecule has 0 saturated heterocycles. The lowest BCUT2D eigenvalue weighted by Gasteiger charge is -2.15. The summed E-state index contributed by atoms with van der Waals surface area (Å²) in [5, 5.41) is 7.05. The van der Waals surface area contributed by atoms with Crippen molar-refractivity contribution in [2.75, 3.05) is 6.54 Å². The first-order chi connectivity index (χ1) is 7.75. The van der Waals surface area contributed by atoms with Crippen LogP contribution in [-0.2, 0) is 6.54 Å². The summed E-state index contributed by atoms with van der Waals surface area (Å²) in [5.74, 6) is 0. The average molecular weight is 219 g/mol. The monoisotopic (exact) mass is 219 g/mol. The lowest BCUT2D eigenvalue weighted by atomic mass is 10.2. The second-order valence-corrected chi connectivity index (χ2v) is 4.71. The molecule has 0 aromatic carbocycles. The minimum Gasteiger partial charge on any atom is -0.312 e. The zero-order valence-corrected chi connectivity index (χ0v) is 10.2. The summed E-state index contributed by atoms with van der Waals surface area (Å²) in [4.78, 5) is 4.29. The van der Waals surface area contributed by atoms with E-state index in [1.165, 1.54) is 18.4 Å². The normalized spacial score (nSPS) is 17.4. The first-order valence-corrected chi connectivity index (χ1v) is 6.13. The molecule has 1 aliphatic rings. The van der Waals surface area contributed by atoms with Crippen molar-refractivity contribution in [3.63, 3.8) is 0 Å². The molecule has 88 valence electrons. The van der Waals surface area contributed by atoms with Gasteiger partial charge in [0, 0.05) is 37.1 Å². The molecule has 1 heterocycles. The van der Waals surface area contributed by atoms with Gasteiger partial charge in [0.2, 0.25) is 0 Å². The van der Waals surface area contributed by atoms with Crippen molar-refractivity contribution in [2.24, 2.45) is 0 Å². The van der Waals surface area contributed by atoms with E-state index in [9.17, 15) is 0 Å². The lowest BCUT2D eigenvalue weighted by molar-refractivity contribution is 0.499. The molecule has 1 aromatic rings. The fourth-order valence-electron chi connectivity index (χ4n) is 1.69. The molecule has 1 aliphatic carbocycles. The summed E-state index contributed by atoms with van der Waals surface area (Å²) in [6.07, 6.45) is 4.56. The van der Waals surface area contributed by atoms with E-state index in [1.54, 1.807) is 0 Å². The second kappa shape index (κ2) is 5.41. The largest absolute Gasteiger partial charge is 0.312 e. The molecule has 1 atom stereocenters. The van der Waals surface area contributed by atoms with Gasteiger partial charge >= 0.3 is 0 Å². The number of nitrogens with zero attached hydrogens (tertiary/aromatic N) is 1. The molecule has 1 aromatic heterocycles. The summed E-state index contributed by atoms with van der Waals surface area (Å²) in [5.41, 5.74) is 2.41. The maximum atomic E-state index is 4.29. The summed E-state index contributed by atoms with van der Waals surface area (Å²) < 4.78 is 0. The molecule has 0 radical (unpaired) electrons. The van der Waals surface area contributed by atoms with Gasteiger partial charge in [-0.15, -0.1) is 0 Å². The quantitative estimate of drug-likeness (QED) is 0.763. The highest BCUT2D eigenvalue weighted by Crippen LogP contribution is 2.18. The predicted molar refractivity (Wildman–Crippen MR) is 66.3 cm³/mol. The molecular weight excluding hydrogens is 198 g/mol. The molecule has 1 saturated carbocycles. The van der Waals surface area contributed by atoms with Gasteiger partial charge in [-0.05, 0) is 38.3 Å². The Hall–Kier alpha value is -0.930. The van der Waals surface area contributed by atoms with Crippen molar-refractivity contribution in [1.82, 2.24) is 15.6 Å². The lowest BCUT2D eigenvalue weighted by Crippen LogP contribution is -2.36. The van der Waals surface area contributed by atoms with Crippen LogP contribution in [0.1, 0.15) is 31.0 Å². The molecule has 0 bridgehead atoms. The van der Waals surface area contributed by atoms with E-state index in [4.69, 9.17) is 0 Å². The third kappa shape index (κ3) is 3.58. The molecule has 0 amide bonds. The van der Waals surface area contributed by atoms with Crippen molar-refractivity contribution < 1.29 is 0 Å². The van der Waals surface area contributed by atoms with Crippen LogP contribution in [0.3, 0.4) is 0 Å². The van der Waals surface area contributed by atoms with Crippen LogP contribution in [0.25, 0.3) is 0 Å². The van der Waals surface area contributed by atoms with Gasteiger partial charge < -0.3 is 10.6 Å². The van der Waals surface area contributed by atoms with E-state index in [-0.39, 0.29) is 0 Å². The topological polar surface area (TPSA) is 37.0 Å². The second-order valence-electron chi connectivity index (χ2n) is 4.71. The van der Waals surface area contributed by atoms with Crippen LogP contribution in [0.15, 0.2) is 18.3 Å². The van der Waals surface area contributed by atoms with E-state index < -0.39 is 0 Å². The zero-order chi connectivity index (χ0) is 11.4. The van der Waals surface area contributed by atoms with Gasteiger partial charge in [-0.2, -0.15) is 0 Å². The molecule has 1 fully saturated rings. The van der Waals surface area contributed by atoms with Gasteiger partial charge in [0.1, 0.15) is 0 Å². The zero-order valence-electron chi connectivity index (χ0n) is 10.2. The highest BCUT2D eigenvalue weighted by Gasteiger charge is 2.20. The van der Waals surface area contributed by atoms with Crippen LogP contribution in [0.5, 0.6) is 0 Å². The number of hydrogen-bond donors (Lipinski definition) is 2. The number of pyridine rings is 1. The third-order valence-corrected chi connectivity index (χ3v) is 3.05. The van der Waals surface area contributed by atoms with E-state index in [1.807, 2.05) is 12.3 Å². The summed E-state index contributed by atoms with van der Waals surface area (Å²) >= 11 is 0. The Labute approximate surface area is 97.7 Å². The van der Waals surface area contributed by atoms with Crippen molar-refractivity contribution >= 4 is 0 Å². The Morgan fingerprint density at radius 1 is 1.50 bits per heavy atom. The number of hydrogen-bond acceptors (Lipinski definition) is 3. The maximum absolute atomic E-state index is 4.29. The number of nitrogens with one attached hydrogen (secondary N) is 2. The molecule has 3 nitrogen and oxygen atoms in total. The Morgan fingerprint density at radius 2 is 2.31 bits per heavy atom. The highest BCUT2D eigenvalue weighted by atomic mass is 15.0. The van der Waals surface area contributed by atoms with Crippen LogP contribution in [0.4, 0.5) is 0 Å². The fraction of sp³-hybridized carbons (Fsp3) is 0.615. The number of aryl methyl sites for hydroxylation is 1. The minimum atomic E-state index is 0.514. The van der Waals surface area contributed by atoms with Gasteiger partial charge in [-0.25, -0.2) is 0 Å². The van der Waals surface area contributed by atoms with Gasteiger partial charge in [0.05, 0.1) is 0 Å². The van der Waals surface area contributed by atoms with E-state index in [0.29, 0.717) is 6.04 Å². The van der Waals surface area contributed by atoms with Crippen LogP contribution >= 0.6 is 0 Å². The van der Waals surface area contributed by atoms with Crippen LogP contribution in [-0.4, -0.2) is 23.6 Å². The van der Waals surface area contributed by atoms with Crippen molar-refractivity contribution in [3.05, 3.63) is 29.6 Å². The summed E-state index contributed by atoms with van der Waals surface area (Å²) in [6.45, 7) is 6.25. The Morgan fingerprint density at radius 3 is 3.00 bits per heavy atom. The first kappa shape index (κ1) is 11.6. The molecule has 0 spiro atoms. The minimum absolute atomic E-state index is 0.514. The van der Waals surface area contributed by atoms with Gasteiger partial charge in [-0.1, -0.05) is 6.07 Å². The fourth-order valence-corrected chi connectivity index (χ4v) is 1.69. The van der Waals surface area contributed by atoms with E-state index in [2.05, 4.69) is 35.5 Å². The SMILES string of the molecule is Cc1ncccc1CNC(C)CNC1CC1. The van der Waals surface area contributed by atoms with Gasteiger partial charge in [-0.3, -0.25) is 4.98 Å². The van der Waals surface area contributed by atoms with Crippen molar-refractivity contribution in [1.29, 1.82) is 0 Å². The Balaban J connectivity index is 1.71.